The zero-order chi connectivity index (χ0) is 32.7. The molecule has 3 saturated heterocycles. The van der Waals surface area contributed by atoms with Gasteiger partial charge < -0.3 is 45.5 Å². The lowest BCUT2D eigenvalue weighted by Gasteiger charge is -2.29. The number of nitrogen functional groups attached to an aromatic ring is 2. The van der Waals surface area contributed by atoms with Gasteiger partial charge >= 0.3 is 14.5 Å². The van der Waals surface area contributed by atoms with Crippen LogP contribution in [-0.4, -0.2) is 109 Å². The van der Waals surface area contributed by atoms with Crippen molar-refractivity contribution >= 4 is 60.6 Å². The quantitative estimate of drug-likeness (QED) is 0.0967. The standard InChI is InChI=1S/C20H24N10O13P2S/c21-19-25-13-7(15(33)27-19)23-3-29(13)17-9(31)11-6(41-17)2-39-45(37,46)43-12-5(1-38-44(35,36)42-11)40-18(10(12)32)30-4-24-8-14(30)26-20(22)28-16(8)34/h3-6,9-12,17-18,31-32H,1-2H2,(H,35,36)(H,37,46)(H3,21,25,27,33)(H3,22,26,28,34)/t5-,6-,9?,10+,11+,12?,17-,18-,45?/m1/s1. The molecule has 4 unspecified atom stereocenters. The van der Waals surface area contributed by atoms with E-state index in [1.165, 1.54) is 4.57 Å². The third kappa shape index (κ3) is 5.45. The molecule has 0 spiro atoms. The molecule has 4 aromatic rings. The van der Waals surface area contributed by atoms with E-state index in [1.807, 2.05) is 0 Å². The van der Waals surface area contributed by atoms with Crippen molar-refractivity contribution in [2.24, 2.45) is 0 Å². The maximum atomic E-state index is 13.1. The highest BCUT2D eigenvalue weighted by molar-refractivity contribution is 8.07. The summed E-state index contributed by atoms with van der Waals surface area (Å²) in [5.41, 5.74) is 9.56. The molecule has 0 bridgehead atoms. The second-order valence-electron chi connectivity index (χ2n) is 10.3. The number of anilines is 2. The fourth-order valence-corrected chi connectivity index (χ4v) is 7.80. The lowest BCUT2D eigenvalue weighted by molar-refractivity contribution is -0.0629. The van der Waals surface area contributed by atoms with Gasteiger partial charge in [0.15, 0.2) is 34.8 Å². The van der Waals surface area contributed by atoms with Gasteiger partial charge in [-0.25, -0.2) is 14.5 Å². The van der Waals surface area contributed by atoms with Crippen LogP contribution in [0.4, 0.5) is 11.9 Å². The number of imidazole rings is 2. The van der Waals surface area contributed by atoms with Gasteiger partial charge in [-0.1, -0.05) is 0 Å². The molecule has 0 aliphatic carbocycles. The Hall–Kier alpha value is -3.22. The third-order valence-electron chi connectivity index (χ3n) is 7.38. The highest BCUT2D eigenvalue weighted by atomic mass is 32.5. The first-order valence-electron chi connectivity index (χ1n) is 13.1. The molecule has 3 aliphatic rings. The van der Waals surface area contributed by atoms with Crippen LogP contribution in [0.3, 0.4) is 0 Å². The first kappa shape index (κ1) is 31.4. The average molecular weight is 706 g/mol. The number of ether oxygens (including phenoxy) is 2. The molecule has 248 valence electrons. The summed E-state index contributed by atoms with van der Waals surface area (Å²) in [4.78, 5) is 66.6. The molecule has 0 aromatic carbocycles. The molecular weight excluding hydrogens is 682 g/mol. The van der Waals surface area contributed by atoms with Gasteiger partial charge in [0.05, 0.1) is 25.9 Å². The molecule has 4 aromatic heterocycles. The molecule has 7 rings (SSSR count). The van der Waals surface area contributed by atoms with E-state index in [0.717, 1.165) is 17.2 Å². The Labute approximate surface area is 258 Å². The minimum Gasteiger partial charge on any atom is -0.386 e. The SMILES string of the molecule is Nc1nc2c(ncn2[C@@H]2O[C@@H]3COP(O)(=S)OC4[C@@H](COP(=O)(O)O[C@@H]3C2O)O[C@@H](n2cnc3c(=O)[nH]c(N)nc32)[C@H]4O)c(=O)[nH]1. The van der Waals surface area contributed by atoms with Gasteiger partial charge in [0.1, 0.15) is 36.6 Å². The second kappa shape index (κ2) is 11.2. The van der Waals surface area contributed by atoms with Gasteiger partial charge in [-0.05, 0) is 11.8 Å². The van der Waals surface area contributed by atoms with Gasteiger partial charge in [0, 0.05) is 0 Å². The van der Waals surface area contributed by atoms with Gasteiger partial charge in [0.25, 0.3) is 11.1 Å². The number of aromatic amines is 2. The number of nitrogens with zero attached hydrogens (tertiary/aromatic N) is 6. The number of aliphatic hydroxyl groups is 2. The van der Waals surface area contributed by atoms with Crippen LogP contribution >= 0.6 is 14.5 Å². The predicted molar refractivity (Wildman–Crippen MR) is 153 cm³/mol. The molecule has 7 heterocycles. The van der Waals surface area contributed by atoms with Gasteiger partial charge in [0.2, 0.25) is 11.9 Å². The van der Waals surface area contributed by atoms with Crippen molar-refractivity contribution in [2.45, 2.75) is 49.1 Å². The van der Waals surface area contributed by atoms with Crippen LogP contribution in [0.25, 0.3) is 22.3 Å². The fraction of sp³-hybridized carbons (Fsp3) is 0.500. The zero-order valence-electron chi connectivity index (χ0n) is 22.8. The van der Waals surface area contributed by atoms with Crippen molar-refractivity contribution in [2.75, 3.05) is 24.7 Å². The number of aliphatic hydroxyl groups excluding tert-OH is 2. The highest BCUT2D eigenvalue weighted by Crippen LogP contribution is 2.53. The largest absolute Gasteiger partial charge is 0.472 e. The van der Waals surface area contributed by atoms with E-state index in [9.17, 15) is 34.2 Å². The lowest BCUT2D eigenvalue weighted by atomic mass is 10.1. The van der Waals surface area contributed by atoms with Crippen molar-refractivity contribution in [3.8, 4) is 0 Å². The molecule has 10 atom stereocenters. The fourth-order valence-electron chi connectivity index (χ4n) is 5.39. The van der Waals surface area contributed by atoms with Crippen LogP contribution in [0.15, 0.2) is 22.2 Å². The molecule has 46 heavy (non-hydrogen) atoms. The van der Waals surface area contributed by atoms with Crippen molar-refractivity contribution in [1.82, 2.24) is 39.0 Å². The number of phosphoric ester groups is 1. The Balaban J connectivity index is 1.18. The molecule has 3 aliphatic heterocycles. The Morgan fingerprint density at radius 2 is 1.28 bits per heavy atom. The first-order chi connectivity index (χ1) is 21.7. The molecule has 10 N–H and O–H groups in total. The van der Waals surface area contributed by atoms with Crippen molar-refractivity contribution in [1.29, 1.82) is 0 Å². The maximum Gasteiger partial charge on any atom is 0.472 e. The molecule has 26 heteroatoms. The van der Waals surface area contributed by atoms with Crippen LogP contribution in [0.2, 0.25) is 0 Å². The molecule has 0 saturated carbocycles. The lowest BCUT2D eigenvalue weighted by Crippen LogP contribution is -2.39. The zero-order valence-corrected chi connectivity index (χ0v) is 25.4. The van der Waals surface area contributed by atoms with Crippen LogP contribution in [-0.2, 0) is 43.9 Å². The number of H-pyrrole nitrogens is 2. The number of rotatable bonds is 2. The number of nitrogens with two attached hydrogens (primary N) is 2. The summed E-state index contributed by atoms with van der Waals surface area (Å²) in [5, 5.41) is 22.4. The Kier molecular flexibility index (Phi) is 7.64. The van der Waals surface area contributed by atoms with Gasteiger partial charge in [-0.3, -0.25) is 42.3 Å². The minimum atomic E-state index is -5.05. The van der Waals surface area contributed by atoms with Crippen molar-refractivity contribution < 1.29 is 52.1 Å². The molecule has 3 fully saturated rings. The normalized spacial score (nSPS) is 37.1. The third-order valence-corrected chi connectivity index (χ3v) is 9.93. The summed E-state index contributed by atoms with van der Waals surface area (Å²) in [6, 6.07) is 0. The number of nitrogens with one attached hydrogen (secondary N) is 2. The second-order valence-corrected chi connectivity index (χ2v) is 14.5. The van der Waals surface area contributed by atoms with Crippen molar-refractivity contribution in [3.05, 3.63) is 33.4 Å². The summed E-state index contributed by atoms with van der Waals surface area (Å²) < 4.78 is 48.7. The van der Waals surface area contributed by atoms with E-state index in [-0.39, 0.29) is 34.2 Å². The topological polar surface area (TPSA) is 333 Å². The van der Waals surface area contributed by atoms with Crippen LogP contribution in [0, 0.1) is 0 Å². The van der Waals surface area contributed by atoms with E-state index in [4.69, 9.17) is 50.8 Å². The van der Waals surface area contributed by atoms with Crippen LogP contribution in [0.5, 0.6) is 0 Å². The summed E-state index contributed by atoms with van der Waals surface area (Å²) in [6.45, 7) is -5.71. The van der Waals surface area contributed by atoms with Gasteiger partial charge in [-0.2, -0.15) is 9.97 Å². The number of hydrogen-bond donors (Lipinski definition) is 8. The monoisotopic (exact) mass is 706 g/mol. The van der Waals surface area contributed by atoms with Crippen LogP contribution in [0.1, 0.15) is 12.5 Å². The number of aromatic nitrogens is 8. The summed E-state index contributed by atoms with van der Waals surface area (Å²) in [5.74, 6) is -0.500. The molecule has 0 radical (unpaired) electrons. The molecule has 0 amide bonds. The first-order valence-corrected chi connectivity index (χ1v) is 17.2. The number of hydrogen-bond acceptors (Lipinski definition) is 18. The Bertz CT molecular complexity index is 1910. The van der Waals surface area contributed by atoms with Crippen molar-refractivity contribution in [3.63, 3.8) is 0 Å². The Morgan fingerprint density at radius 3 is 1.78 bits per heavy atom. The highest BCUT2D eigenvalue weighted by Gasteiger charge is 2.53. The summed E-state index contributed by atoms with van der Waals surface area (Å²) >= 11 is 5.17. The minimum absolute atomic E-state index is 0.0685. The van der Waals surface area contributed by atoms with Crippen LogP contribution < -0.4 is 22.6 Å². The van der Waals surface area contributed by atoms with E-state index < -0.39 is 88.0 Å². The van der Waals surface area contributed by atoms with E-state index >= 15 is 0 Å². The van der Waals surface area contributed by atoms with E-state index in [1.54, 1.807) is 0 Å². The number of phosphoric acid groups is 1. The molecule has 23 nitrogen and oxygen atoms in total. The smallest absolute Gasteiger partial charge is 0.386 e. The van der Waals surface area contributed by atoms with E-state index in [0.29, 0.717) is 0 Å². The molecular formula is C20H24N10O13P2S. The maximum absolute atomic E-state index is 13.1. The van der Waals surface area contributed by atoms with Gasteiger partial charge in [-0.15, -0.1) is 0 Å². The number of fused-ring (bicyclic) bond motifs is 4. The summed E-state index contributed by atoms with van der Waals surface area (Å²) in [7, 11) is -5.05. The average Bonchev–Trinajstić information content (AvgIpc) is 3.72. The summed E-state index contributed by atoms with van der Waals surface area (Å²) in [6.07, 6.45) is -9.86. The predicted octanol–water partition coefficient (Wildman–Crippen LogP) is -2.93. The Morgan fingerprint density at radius 1 is 0.826 bits per heavy atom. The van der Waals surface area contributed by atoms with E-state index in [2.05, 4.69) is 29.9 Å².